The van der Waals surface area contributed by atoms with Gasteiger partial charge in [0.05, 0.1) is 20.3 Å². The van der Waals surface area contributed by atoms with Crippen LogP contribution in [-0.4, -0.2) is 68.3 Å². The largest absolute Gasteiger partial charge is 0.464 e. The summed E-state index contributed by atoms with van der Waals surface area (Å²) in [6, 6.07) is 7.02. The van der Waals surface area contributed by atoms with Crippen LogP contribution < -0.4 is 5.32 Å². The zero-order valence-electron chi connectivity index (χ0n) is 13.6. The molecule has 0 bridgehead atoms. The molecule has 3 rings (SSSR count). The van der Waals surface area contributed by atoms with Crippen molar-refractivity contribution in [3.63, 3.8) is 0 Å². The van der Waals surface area contributed by atoms with Crippen molar-refractivity contribution < 1.29 is 19.1 Å². The van der Waals surface area contributed by atoms with Gasteiger partial charge >= 0.3 is 5.97 Å². The molecule has 1 saturated heterocycles. The highest BCUT2D eigenvalue weighted by molar-refractivity contribution is 6.00. The van der Waals surface area contributed by atoms with Crippen LogP contribution >= 0.6 is 0 Å². The molecule has 0 spiro atoms. The summed E-state index contributed by atoms with van der Waals surface area (Å²) in [4.78, 5) is 29.1. The van der Waals surface area contributed by atoms with Crippen LogP contribution in [0.15, 0.2) is 24.3 Å². The Kier molecular flexibility index (Phi) is 5.12. The second-order valence-electron chi connectivity index (χ2n) is 5.69. The van der Waals surface area contributed by atoms with E-state index >= 15 is 0 Å². The number of benzene rings is 1. The van der Waals surface area contributed by atoms with Crippen LogP contribution in [0.3, 0.4) is 0 Å². The maximum atomic E-state index is 12.3. The average Bonchev–Trinajstić information content (AvgIpc) is 3.05. The number of H-pyrrole nitrogens is 1. The summed E-state index contributed by atoms with van der Waals surface area (Å²) < 4.78 is 9.99. The van der Waals surface area contributed by atoms with Crippen LogP contribution in [0.5, 0.6) is 0 Å². The summed E-state index contributed by atoms with van der Waals surface area (Å²) in [5.41, 5.74) is 1.66. The fraction of sp³-hybridized carbons (Fsp3) is 0.412. The van der Waals surface area contributed by atoms with Crippen molar-refractivity contribution in [3.8, 4) is 0 Å². The predicted molar refractivity (Wildman–Crippen MR) is 89.2 cm³/mol. The molecule has 1 aliphatic rings. The number of aromatic nitrogens is 1. The molecule has 0 unspecified atom stereocenters. The number of carbonyl (C=O) groups is 2. The lowest BCUT2D eigenvalue weighted by Crippen LogP contribution is -2.41. The molecule has 0 atom stereocenters. The van der Waals surface area contributed by atoms with Crippen LogP contribution in [-0.2, 0) is 9.47 Å². The maximum absolute atomic E-state index is 12.3. The number of rotatable bonds is 5. The third-order valence-corrected chi connectivity index (χ3v) is 4.11. The highest BCUT2D eigenvalue weighted by atomic mass is 16.5. The number of amides is 1. The lowest BCUT2D eigenvalue weighted by Gasteiger charge is -2.26. The number of nitrogens with zero attached hydrogens (tertiary/aromatic N) is 1. The summed E-state index contributed by atoms with van der Waals surface area (Å²) in [6.07, 6.45) is 0. The molecule has 0 saturated carbocycles. The summed E-state index contributed by atoms with van der Waals surface area (Å²) in [5.74, 6) is -0.554. The van der Waals surface area contributed by atoms with Crippen LogP contribution in [0.4, 0.5) is 0 Å². The van der Waals surface area contributed by atoms with Gasteiger partial charge in [0.2, 0.25) is 0 Å². The van der Waals surface area contributed by atoms with E-state index in [9.17, 15) is 9.59 Å². The number of aromatic amines is 1. The van der Waals surface area contributed by atoms with Gasteiger partial charge in [0.1, 0.15) is 5.69 Å². The first-order valence-corrected chi connectivity index (χ1v) is 7.97. The van der Waals surface area contributed by atoms with E-state index in [1.165, 1.54) is 7.11 Å². The van der Waals surface area contributed by atoms with Gasteiger partial charge in [0.25, 0.3) is 5.91 Å². The molecule has 0 radical (unpaired) electrons. The second-order valence-corrected chi connectivity index (χ2v) is 5.69. The van der Waals surface area contributed by atoms with E-state index in [2.05, 4.69) is 15.2 Å². The van der Waals surface area contributed by atoms with Gasteiger partial charge in [-0.25, -0.2) is 4.79 Å². The van der Waals surface area contributed by atoms with Gasteiger partial charge in [-0.2, -0.15) is 0 Å². The zero-order valence-corrected chi connectivity index (χ0v) is 13.6. The Bertz CT molecular complexity index is 735. The molecule has 0 aliphatic carbocycles. The Balaban J connectivity index is 1.60. The Morgan fingerprint density at radius 3 is 2.83 bits per heavy atom. The van der Waals surface area contributed by atoms with E-state index in [0.717, 1.165) is 43.8 Å². The number of nitrogens with one attached hydrogen (secondary N) is 2. The van der Waals surface area contributed by atoms with Gasteiger partial charge in [0, 0.05) is 42.6 Å². The lowest BCUT2D eigenvalue weighted by molar-refractivity contribution is 0.0383. The molecule has 1 aliphatic heterocycles. The monoisotopic (exact) mass is 331 g/mol. The van der Waals surface area contributed by atoms with Crippen LogP contribution in [0.1, 0.15) is 20.8 Å². The van der Waals surface area contributed by atoms with Gasteiger partial charge in [-0.3, -0.25) is 9.69 Å². The minimum Gasteiger partial charge on any atom is -0.464 e. The molecule has 2 N–H and O–H groups in total. The lowest BCUT2D eigenvalue weighted by atomic mass is 10.1. The molecule has 1 fully saturated rings. The Hall–Kier alpha value is -2.38. The molecule has 7 heteroatoms. The number of fused-ring (bicyclic) bond motifs is 1. The molecular weight excluding hydrogens is 310 g/mol. The predicted octanol–water partition coefficient (Wildman–Crippen LogP) is 1.02. The van der Waals surface area contributed by atoms with Crippen molar-refractivity contribution in [1.82, 2.24) is 15.2 Å². The van der Waals surface area contributed by atoms with Gasteiger partial charge in [-0.05, 0) is 18.2 Å². The quantitative estimate of drug-likeness (QED) is 0.799. The Morgan fingerprint density at radius 2 is 2.08 bits per heavy atom. The normalized spacial score (nSPS) is 15.4. The number of morpholine rings is 1. The molecule has 1 aromatic carbocycles. The third-order valence-electron chi connectivity index (χ3n) is 4.11. The van der Waals surface area contributed by atoms with Crippen molar-refractivity contribution in [2.24, 2.45) is 0 Å². The zero-order chi connectivity index (χ0) is 16.9. The molecule has 2 heterocycles. The highest BCUT2D eigenvalue weighted by Crippen LogP contribution is 2.17. The molecule has 1 amide bonds. The van der Waals surface area contributed by atoms with Crippen LogP contribution in [0.25, 0.3) is 10.9 Å². The van der Waals surface area contributed by atoms with E-state index in [4.69, 9.17) is 9.47 Å². The number of hydrogen-bond acceptors (Lipinski definition) is 5. The van der Waals surface area contributed by atoms with Crippen molar-refractivity contribution in [3.05, 3.63) is 35.5 Å². The second kappa shape index (κ2) is 7.46. The molecule has 128 valence electrons. The van der Waals surface area contributed by atoms with Gasteiger partial charge in [-0.15, -0.1) is 0 Å². The number of esters is 1. The minimum atomic E-state index is -0.428. The summed E-state index contributed by atoms with van der Waals surface area (Å²) in [5, 5.41) is 3.79. The first kappa shape index (κ1) is 16.5. The van der Waals surface area contributed by atoms with E-state index in [1.807, 2.05) is 6.07 Å². The van der Waals surface area contributed by atoms with E-state index in [0.29, 0.717) is 17.8 Å². The van der Waals surface area contributed by atoms with E-state index in [1.54, 1.807) is 18.2 Å². The minimum absolute atomic E-state index is 0.126. The van der Waals surface area contributed by atoms with Crippen molar-refractivity contribution in [1.29, 1.82) is 0 Å². The van der Waals surface area contributed by atoms with Gasteiger partial charge in [0.15, 0.2) is 0 Å². The highest BCUT2D eigenvalue weighted by Gasteiger charge is 2.13. The Labute approximate surface area is 139 Å². The van der Waals surface area contributed by atoms with Crippen LogP contribution in [0.2, 0.25) is 0 Å². The van der Waals surface area contributed by atoms with E-state index in [-0.39, 0.29) is 5.91 Å². The fourth-order valence-electron chi connectivity index (χ4n) is 2.74. The third kappa shape index (κ3) is 3.74. The van der Waals surface area contributed by atoms with Gasteiger partial charge < -0.3 is 19.8 Å². The molecule has 24 heavy (non-hydrogen) atoms. The molecule has 7 nitrogen and oxygen atoms in total. The smallest absolute Gasteiger partial charge is 0.354 e. The molecule has 1 aromatic heterocycles. The average molecular weight is 331 g/mol. The summed E-state index contributed by atoms with van der Waals surface area (Å²) in [6.45, 7) is 4.71. The molecular formula is C17H21N3O4. The van der Waals surface area contributed by atoms with E-state index < -0.39 is 5.97 Å². The summed E-state index contributed by atoms with van der Waals surface area (Å²) in [7, 11) is 1.33. The number of hydrogen-bond donors (Lipinski definition) is 2. The first-order valence-electron chi connectivity index (χ1n) is 7.97. The van der Waals surface area contributed by atoms with Crippen molar-refractivity contribution in [2.45, 2.75) is 0 Å². The fourth-order valence-corrected chi connectivity index (χ4v) is 2.74. The number of ether oxygens (including phenoxy) is 2. The maximum Gasteiger partial charge on any atom is 0.354 e. The van der Waals surface area contributed by atoms with Gasteiger partial charge in [-0.1, -0.05) is 6.07 Å². The first-order chi connectivity index (χ1) is 11.7. The van der Waals surface area contributed by atoms with Crippen LogP contribution in [0, 0.1) is 0 Å². The Morgan fingerprint density at radius 1 is 1.29 bits per heavy atom. The topological polar surface area (TPSA) is 83.7 Å². The van der Waals surface area contributed by atoms with Crippen molar-refractivity contribution in [2.75, 3.05) is 46.5 Å². The standard InChI is InChI=1S/C17H21N3O4/c1-23-17(22)15-10-12-2-3-13(11-14(12)19-15)16(21)18-4-5-20-6-8-24-9-7-20/h2-3,10-11,19H,4-9H2,1H3,(H,18,21). The molecule has 2 aromatic rings. The number of carbonyl (C=O) groups excluding carboxylic acids is 2. The number of methoxy groups -OCH3 is 1. The summed E-state index contributed by atoms with van der Waals surface area (Å²) >= 11 is 0. The SMILES string of the molecule is COC(=O)c1cc2ccc(C(=O)NCCN3CCOCC3)cc2[nH]1. The van der Waals surface area contributed by atoms with Crippen molar-refractivity contribution >= 4 is 22.8 Å².